The quantitative estimate of drug-likeness (QED) is 0.639. The lowest BCUT2D eigenvalue weighted by Crippen LogP contribution is -2.31. The highest BCUT2D eigenvalue weighted by molar-refractivity contribution is 8.00. The van der Waals surface area contributed by atoms with Gasteiger partial charge in [-0.1, -0.05) is 30.0 Å². The molecule has 0 bridgehead atoms. The van der Waals surface area contributed by atoms with Crippen LogP contribution in [0.15, 0.2) is 71.8 Å². The first-order chi connectivity index (χ1) is 14.3. The highest BCUT2D eigenvalue weighted by Gasteiger charge is 2.28. The number of hydrogen-bond acceptors (Lipinski definition) is 6. The van der Waals surface area contributed by atoms with Gasteiger partial charge in [0.15, 0.2) is 0 Å². The van der Waals surface area contributed by atoms with E-state index >= 15 is 0 Å². The van der Waals surface area contributed by atoms with Crippen molar-refractivity contribution in [2.45, 2.75) is 29.2 Å². The van der Waals surface area contributed by atoms with Gasteiger partial charge in [-0.05, 0) is 61.2 Å². The van der Waals surface area contributed by atoms with Gasteiger partial charge >= 0.3 is 0 Å². The molecule has 0 radical (unpaired) electrons. The van der Waals surface area contributed by atoms with Crippen LogP contribution in [0.3, 0.4) is 0 Å². The summed E-state index contributed by atoms with van der Waals surface area (Å²) in [7, 11) is 0. The second-order valence-electron chi connectivity index (χ2n) is 7.23. The molecule has 3 heterocycles. The van der Waals surface area contributed by atoms with Gasteiger partial charge in [0.2, 0.25) is 5.88 Å². The average Bonchev–Trinajstić information content (AvgIpc) is 3.11. The minimum absolute atomic E-state index is 0.130. The van der Waals surface area contributed by atoms with Crippen molar-refractivity contribution in [3.8, 4) is 11.6 Å². The Morgan fingerprint density at radius 3 is 2.62 bits per heavy atom. The van der Waals surface area contributed by atoms with Crippen LogP contribution in [0.1, 0.15) is 24.3 Å². The summed E-state index contributed by atoms with van der Waals surface area (Å²) in [5.74, 6) is 1.89. The fourth-order valence-electron chi connectivity index (χ4n) is 3.96. The highest BCUT2D eigenvalue weighted by atomic mass is 32.2. The monoisotopic (exact) mass is 405 g/mol. The molecule has 0 spiro atoms. The first-order valence-corrected chi connectivity index (χ1v) is 10.8. The maximum atomic E-state index is 6.36. The predicted molar refractivity (Wildman–Crippen MR) is 116 cm³/mol. The van der Waals surface area contributed by atoms with E-state index in [4.69, 9.17) is 15.2 Å². The van der Waals surface area contributed by atoms with Crippen molar-refractivity contribution in [1.29, 1.82) is 0 Å². The highest BCUT2D eigenvalue weighted by Crippen LogP contribution is 2.45. The molecule has 0 saturated carbocycles. The maximum absolute atomic E-state index is 6.36. The molecule has 5 rings (SSSR count). The predicted octanol–water partition coefficient (Wildman–Crippen LogP) is 5.25. The number of aromatic nitrogens is 1. The van der Waals surface area contributed by atoms with Crippen molar-refractivity contribution in [3.63, 3.8) is 0 Å². The summed E-state index contributed by atoms with van der Waals surface area (Å²) in [5, 5.41) is 0. The molecule has 2 N–H and O–H groups in total. The van der Waals surface area contributed by atoms with Crippen LogP contribution in [-0.2, 0) is 4.74 Å². The maximum Gasteiger partial charge on any atom is 0.222 e. The van der Waals surface area contributed by atoms with Crippen LogP contribution in [0.5, 0.6) is 11.6 Å². The SMILES string of the molecule is NC1Sc2ccccc2N1c1ccc(Oc2ncccc2C2CCOCC2)cc1. The Hall–Kier alpha value is -2.54. The number of fused-ring (bicyclic) bond motifs is 1. The fourth-order valence-corrected chi connectivity index (χ4v) is 5.00. The average molecular weight is 406 g/mol. The van der Waals surface area contributed by atoms with E-state index in [1.165, 1.54) is 4.90 Å². The summed E-state index contributed by atoms with van der Waals surface area (Å²) in [6.07, 6.45) is 3.79. The molecule has 6 heteroatoms. The number of anilines is 2. The lowest BCUT2D eigenvalue weighted by molar-refractivity contribution is 0.0848. The Bertz CT molecular complexity index is 989. The van der Waals surface area contributed by atoms with Gasteiger partial charge in [-0.2, -0.15) is 0 Å². The van der Waals surface area contributed by atoms with Gasteiger partial charge in [0.1, 0.15) is 11.2 Å². The molecular weight excluding hydrogens is 382 g/mol. The van der Waals surface area contributed by atoms with Gasteiger partial charge in [-0.3, -0.25) is 0 Å². The molecule has 2 aliphatic rings. The molecular formula is C23H23N3O2S. The summed E-state index contributed by atoms with van der Waals surface area (Å²) >= 11 is 1.67. The normalized spacial score (nSPS) is 19.2. The van der Waals surface area contributed by atoms with Gasteiger partial charge in [0, 0.05) is 35.6 Å². The molecule has 1 saturated heterocycles. The van der Waals surface area contributed by atoms with Crippen LogP contribution in [0, 0.1) is 0 Å². The van der Waals surface area contributed by atoms with E-state index in [9.17, 15) is 0 Å². The van der Waals surface area contributed by atoms with E-state index in [1.807, 2.05) is 30.3 Å². The van der Waals surface area contributed by atoms with Crippen LogP contribution in [0.2, 0.25) is 0 Å². The molecule has 1 fully saturated rings. The van der Waals surface area contributed by atoms with E-state index in [1.54, 1.807) is 18.0 Å². The zero-order valence-corrected chi connectivity index (χ0v) is 16.8. The van der Waals surface area contributed by atoms with Crippen molar-refractivity contribution < 1.29 is 9.47 Å². The van der Waals surface area contributed by atoms with Crippen LogP contribution in [0.25, 0.3) is 0 Å². The van der Waals surface area contributed by atoms with E-state index in [-0.39, 0.29) is 5.50 Å². The molecule has 2 aromatic carbocycles. The van der Waals surface area contributed by atoms with E-state index in [2.05, 4.69) is 40.2 Å². The number of benzene rings is 2. The number of ether oxygens (including phenoxy) is 2. The number of thioether (sulfide) groups is 1. The van der Waals surface area contributed by atoms with Gasteiger partial charge in [-0.25, -0.2) is 4.98 Å². The topological polar surface area (TPSA) is 60.6 Å². The Balaban J connectivity index is 1.37. The van der Waals surface area contributed by atoms with Gasteiger partial charge < -0.3 is 20.1 Å². The van der Waals surface area contributed by atoms with Crippen LogP contribution < -0.4 is 15.4 Å². The number of hydrogen-bond donors (Lipinski definition) is 1. The van der Waals surface area contributed by atoms with Crippen molar-refractivity contribution in [2.24, 2.45) is 5.73 Å². The standard InChI is InChI=1S/C23H23N3O2S/c24-23-26(20-5-1-2-6-21(20)29-23)17-7-9-18(10-8-17)28-22-19(4-3-13-25-22)16-11-14-27-15-12-16/h1-10,13,16,23H,11-12,14-15,24H2. The third-order valence-electron chi connectivity index (χ3n) is 5.42. The van der Waals surface area contributed by atoms with E-state index in [0.717, 1.165) is 48.7 Å². The molecule has 3 aromatic rings. The van der Waals surface area contributed by atoms with Gasteiger partial charge in [-0.15, -0.1) is 0 Å². The van der Waals surface area contributed by atoms with Crippen molar-refractivity contribution >= 4 is 23.1 Å². The molecule has 1 atom stereocenters. The minimum Gasteiger partial charge on any atom is -0.439 e. The zero-order chi connectivity index (χ0) is 19.6. The second-order valence-corrected chi connectivity index (χ2v) is 8.39. The molecule has 0 amide bonds. The van der Waals surface area contributed by atoms with Crippen molar-refractivity contribution in [1.82, 2.24) is 4.98 Å². The molecule has 1 aromatic heterocycles. The number of rotatable bonds is 4. The summed E-state index contributed by atoms with van der Waals surface area (Å²) in [6, 6.07) is 20.5. The Kier molecular flexibility index (Phi) is 5.14. The third kappa shape index (κ3) is 3.71. The lowest BCUT2D eigenvalue weighted by atomic mass is 9.92. The number of pyridine rings is 1. The van der Waals surface area contributed by atoms with Crippen molar-refractivity contribution in [2.75, 3.05) is 18.1 Å². The Morgan fingerprint density at radius 1 is 1.00 bits per heavy atom. The second kappa shape index (κ2) is 8.06. The van der Waals surface area contributed by atoms with Gasteiger partial charge in [0.05, 0.1) is 5.69 Å². The summed E-state index contributed by atoms with van der Waals surface area (Å²) < 4.78 is 11.7. The van der Waals surface area contributed by atoms with Crippen LogP contribution in [0.4, 0.5) is 11.4 Å². The number of para-hydroxylation sites is 1. The molecule has 2 aliphatic heterocycles. The molecule has 1 unspecified atom stereocenters. The molecule has 5 nitrogen and oxygen atoms in total. The smallest absolute Gasteiger partial charge is 0.222 e. The largest absolute Gasteiger partial charge is 0.439 e. The van der Waals surface area contributed by atoms with Crippen LogP contribution >= 0.6 is 11.8 Å². The summed E-state index contributed by atoms with van der Waals surface area (Å²) in [6.45, 7) is 1.59. The minimum atomic E-state index is -0.130. The third-order valence-corrected chi connectivity index (χ3v) is 6.47. The molecule has 29 heavy (non-hydrogen) atoms. The Labute approximate surface area is 174 Å². The lowest BCUT2D eigenvalue weighted by Gasteiger charge is -2.24. The first-order valence-electron chi connectivity index (χ1n) is 9.91. The summed E-state index contributed by atoms with van der Waals surface area (Å²) in [5.41, 5.74) is 9.59. The zero-order valence-electron chi connectivity index (χ0n) is 16.0. The van der Waals surface area contributed by atoms with E-state index < -0.39 is 0 Å². The summed E-state index contributed by atoms with van der Waals surface area (Å²) in [4.78, 5) is 7.85. The van der Waals surface area contributed by atoms with Crippen LogP contribution in [-0.4, -0.2) is 23.7 Å². The molecule has 148 valence electrons. The first kappa shape index (κ1) is 18.5. The van der Waals surface area contributed by atoms with E-state index in [0.29, 0.717) is 11.8 Å². The fraction of sp³-hybridized carbons (Fsp3) is 0.261. The number of nitrogens with two attached hydrogens (primary N) is 1. The Morgan fingerprint density at radius 2 is 1.79 bits per heavy atom. The van der Waals surface area contributed by atoms with Crippen molar-refractivity contribution in [3.05, 3.63) is 72.4 Å². The molecule has 0 aliphatic carbocycles. The van der Waals surface area contributed by atoms with Gasteiger partial charge in [0.25, 0.3) is 0 Å². The number of nitrogens with zero attached hydrogens (tertiary/aromatic N) is 2.